The molecule has 0 saturated heterocycles. The highest BCUT2D eigenvalue weighted by molar-refractivity contribution is 8.01. The molecule has 6 heteroatoms. The number of carbonyl (C=O) groups is 1. The van der Waals surface area contributed by atoms with Crippen LogP contribution in [0.4, 0.5) is 0 Å². The van der Waals surface area contributed by atoms with Gasteiger partial charge in [-0.3, -0.25) is 4.79 Å². The van der Waals surface area contributed by atoms with Crippen LogP contribution in [0.1, 0.15) is 0 Å². The molecular weight excluding hydrogens is 234 g/mol. The summed E-state index contributed by atoms with van der Waals surface area (Å²) in [6.07, 6.45) is 0. The Morgan fingerprint density at radius 3 is 3.07 bits per heavy atom. The molecule has 2 aromatic rings. The molecular formula is C9H7NO3S2. The highest BCUT2D eigenvalue weighted by Crippen LogP contribution is 2.31. The standard InChI is InChI=1S/C9H7NO3S2/c11-5-1-2-6-7(3-5)15-9(10-6)14-4-8(12)13/h1-3,11H,4H2,(H,12,13). The van der Waals surface area contributed by atoms with Crippen molar-refractivity contribution in [1.82, 2.24) is 4.98 Å². The van der Waals surface area contributed by atoms with Crippen molar-refractivity contribution in [3.63, 3.8) is 0 Å². The summed E-state index contributed by atoms with van der Waals surface area (Å²) < 4.78 is 1.57. The summed E-state index contributed by atoms with van der Waals surface area (Å²) in [5.74, 6) is -0.658. The molecule has 0 saturated carbocycles. The molecule has 78 valence electrons. The van der Waals surface area contributed by atoms with Crippen molar-refractivity contribution in [2.24, 2.45) is 0 Å². The highest BCUT2D eigenvalue weighted by Gasteiger charge is 2.06. The van der Waals surface area contributed by atoms with Crippen molar-refractivity contribution in [1.29, 1.82) is 0 Å². The summed E-state index contributed by atoms with van der Waals surface area (Å²) in [5, 5.41) is 17.7. The zero-order chi connectivity index (χ0) is 10.8. The molecule has 1 aromatic carbocycles. The van der Waals surface area contributed by atoms with Gasteiger partial charge in [-0.05, 0) is 18.2 Å². The minimum Gasteiger partial charge on any atom is -0.508 e. The van der Waals surface area contributed by atoms with Gasteiger partial charge < -0.3 is 10.2 Å². The van der Waals surface area contributed by atoms with E-state index in [0.29, 0.717) is 4.34 Å². The third kappa shape index (κ3) is 2.40. The van der Waals surface area contributed by atoms with Crippen LogP contribution in [-0.2, 0) is 4.79 Å². The molecule has 2 N–H and O–H groups in total. The van der Waals surface area contributed by atoms with Gasteiger partial charge in [0.15, 0.2) is 4.34 Å². The molecule has 1 aromatic heterocycles. The third-order valence-electron chi connectivity index (χ3n) is 1.67. The smallest absolute Gasteiger partial charge is 0.313 e. The first-order chi connectivity index (χ1) is 7.15. The second-order valence-corrected chi connectivity index (χ2v) is 5.07. The summed E-state index contributed by atoms with van der Waals surface area (Å²) in [4.78, 5) is 14.6. The Balaban J connectivity index is 2.27. The lowest BCUT2D eigenvalue weighted by molar-refractivity contribution is -0.133. The molecule has 0 aliphatic heterocycles. The minimum atomic E-state index is -0.859. The van der Waals surface area contributed by atoms with Crippen molar-refractivity contribution in [2.75, 3.05) is 5.75 Å². The van der Waals surface area contributed by atoms with Gasteiger partial charge >= 0.3 is 5.97 Å². The van der Waals surface area contributed by atoms with Gasteiger partial charge in [-0.15, -0.1) is 11.3 Å². The summed E-state index contributed by atoms with van der Waals surface area (Å²) in [7, 11) is 0. The lowest BCUT2D eigenvalue weighted by Gasteiger charge is -1.88. The number of phenolic OH excluding ortho intramolecular Hbond substituents is 1. The normalized spacial score (nSPS) is 10.7. The quantitative estimate of drug-likeness (QED) is 0.806. The van der Waals surface area contributed by atoms with E-state index in [0.717, 1.165) is 10.2 Å². The first kappa shape index (κ1) is 10.3. The Labute approximate surface area is 93.6 Å². The summed E-state index contributed by atoms with van der Waals surface area (Å²) in [5.41, 5.74) is 0.783. The van der Waals surface area contributed by atoms with Crippen LogP contribution in [0.2, 0.25) is 0 Å². The molecule has 0 amide bonds. The fraction of sp³-hybridized carbons (Fsp3) is 0.111. The van der Waals surface area contributed by atoms with Crippen molar-refractivity contribution in [3.05, 3.63) is 18.2 Å². The number of benzene rings is 1. The van der Waals surface area contributed by atoms with E-state index in [2.05, 4.69) is 4.98 Å². The van der Waals surface area contributed by atoms with E-state index in [1.165, 1.54) is 23.1 Å². The predicted octanol–water partition coefficient (Wildman–Crippen LogP) is 2.18. The molecule has 15 heavy (non-hydrogen) atoms. The molecule has 0 fully saturated rings. The summed E-state index contributed by atoms with van der Waals surface area (Å²) in [6, 6.07) is 4.90. The monoisotopic (exact) mass is 241 g/mol. The van der Waals surface area contributed by atoms with E-state index in [4.69, 9.17) is 5.11 Å². The molecule has 0 unspecified atom stereocenters. The number of carboxylic acids is 1. The number of aliphatic carboxylic acids is 1. The van der Waals surface area contributed by atoms with Gasteiger partial charge in [-0.25, -0.2) is 4.98 Å². The van der Waals surface area contributed by atoms with Gasteiger partial charge in [0, 0.05) is 0 Å². The second kappa shape index (κ2) is 4.08. The number of thioether (sulfide) groups is 1. The van der Waals surface area contributed by atoms with Crippen LogP contribution < -0.4 is 0 Å². The number of hydrogen-bond acceptors (Lipinski definition) is 5. The predicted molar refractivity (Wildman–Crippen MR) is 59.6 cm³/mol. The summed E-state index contributed by atoms with van der Waals surface area (Å²) >= 11 is 2.57. The zero-order valence-electron chi connectivity index (χ0n) is 7.51. The number of fused-ring (bicyclic) bond motifs is 1. The van der Waals surface area contributed by atoms with Gasteiger partial charge in [-0.1, -0.05) is 11.8 Å². The number of phenols is 1. The van der Waals surface area contributed by atoms with Crippen LogP contribution in [0.5, 0.6) is 5.75 Å². The molecule has 0 spiro atoms. The molecule has 2 rings (SSSR count). The molecule has 1 heterocycles. The van der Waals surface area contributed by atoms with E-state index in [1.807, 2.05) is 0 Å². The average Bonchev–Trinajstić information content (AvgIpc) is 2.56. The molecule has 0 bridgehead atoms. The molecule has 0 aliphatic rings. The van der Waals surface area contributed by atoms with E-state index < -0.39 is 5.97 Å². The molecule has 4 nitrogen and oxygen atoms in total. The molecule has 0 atom stereocenters. The number of nitrogens with zero attached hydrogens (tertiary/aromatic N) is 1. The van der Waals surface area contributed by atoms with Gasteiger partial charge in [0.2, 0.25) is 0 Å². The van der Waals surface area contributed by atoms with Crippen molar-refractivity contribution >= 4 is 39.3 Å². The van der Waals surface area contributed by atoms with Gasteiger partial charge in [0.25, 0.3) is 0 Å². The highest BCUT2D eigenvalue weighted by atomic mass is 32.2. The summed E-state index contributed by atoms with van der Waals surface area (Å²) in [6.45, 7) is 0. The lowest BCUT2D eigenvalue weighted by atomic mass is 10.3. The Bertz CT molecular complexity index is 509. The maximum Gasteiger partial charge on any atom is 0.313 e. The Morgan fingerprint density at radius 2 is 2.33 bits per heavy atom. The topological polar surface area (TPSA) is 70.4 Å². The number of thiazole rings is 1. The third-order valence-corrected chi connectivity index (χ3v) is 3.82. The number of rotatable bonds is 3. The maximum atomic E-state index is 10.4. The fourth-order valence-corrected chi connectivity index (χ4v) is 2.90. The lowest BCUT2D eigenvalue weighted by Crippen LogP contribution is -1.96. The van der Waals surface area contributed by atoms with Crippen LogP contribution in [-0.4, -0.2) is 26.9 Å². The van der Waals surface area contributed by atoms with E-state index in [9.17, 15) is 9.90 Å². The molecule has 0 radical (unpaired) electrons. The van der Waals surface area contributed by atoms with Crippen LogP contribution in [0.3, 0.4) is 0 Å². The van der Waals surface area contributed by atoms with Crippen LogP contribution in [0.25, 0.3) is 10.2 Å². The van der Waals surface area contributed by atoms with Gasteiger partial charge in [0.1, 0.15) is 5.75 Å². The first-order valence-corrected chi connectivity index (χ1v) is 5.89. The van der Waals surface area contributed by atoms with Crippen LogP contribution >= 0.6 is 23.1 Å². The number of aromatic nitrogens is 1. The number of hydrogen-bond donors (Lipinski definition) is 2. The van der Waals surface area contributed by atoms with Crippen LogP contribution in [0.15, 0.2) is 22.5 Å². The largest absolute Gasteiger partial charge is 0.508 e. The zero-order valence-corrected chi connectivity index (χ0v) is 9.14. The Morgan fingerprint density at radius 1 is 1.53 bits per heavy atom. The Hall–Kier alpha value is -1.27. The average molecular weight is 241 g/mol. The fourth-order valence-electron chi connectivity index (χ4n) is 1.08. The number of aromatic hydroxyl groups is 1. The van der Waals surface area contributed by atoms with Gasteiger partial charge in [0.05, 0.1) is 16.0 Å². The van der Waals surface area contributed by atoms with E-state index >= 15 is 0 Å². The van der Waals surface area contributed by atoms with E-state index in [-0.39, 0.29) is 11.5 Å². The van der Waals surface area contributed by atoms with Crippen molar-refractivity contribution in [3.8, 4) is 5.75 Å². The van der Waals surface area contributed by atoms with Crippen molar-refractivity contribution in [2.45, 2.75) is 4.34 Å². The van der Waals surface area contributed by atoms with Gasteiger partial charge in [-0.2, -0.15) is 0 Å². The van der Waals surface area contributed by atoms with E-state index in [1.54, 1.807) is 18.2 Å². The number of carboxylic acid groups (broad SMARTS) is 1. The maximum absolute atomic E-state index is 10.4. The van der Waals surface area contributed by atoms with Crippen molar-refractivity contribution < 1.29 is 15.0 Å². The minimum absolute atomic E-state index is 0.00576. The SMILES string of the molecule is O=C(O)CSc1nc2ccc(O)cc2s1. The van der Waals surface area contributed by atoms with Crippen LogP contribution in [0, 0.1) is 0 Å². The Kier molecular flexibility index (Phi) is 2.79. The second-order valence-electron chi connectivity index (χ2n) is 2.81. The first-order valence-electron chi connectivity index (χ1n) is 4.09. The molecule has 0 aliphatic carbocycles.